The average molecular weight is 333 g/mol. The number of ether oxygens (including phenoxy) is 1. The molecule has 2 saturated carbocycles. The molecule has 0 saturated heterocycles. The van der Waals surface area contributed by atoms with Crippen LogP contribution in [0.5, 0.6) is 0 Å². The molecule has 6 nitrogen and oxygen atoms in total. The molecular weight excluding hydrogens is 306 g/mol. The lowest BCUT2D eigenvalue weighted by Gasteiger charge is -2.23. The van der Waals surface area contributed by atoms with Gasteiger partial charge in [-0.3, -0.25) is 14.3 Å². The predicted octanol–water partition coefficient (Wildman–Crippen LogP) is 1.97. The van der Waals surface area contributed by atoms with E-state index >= 15 is 0 Å². The molecule has 6 heteroatoms. The molecule has 3 rings (SSSR count). The number of rotatable bonds is 7. The lowest BCUT2D eigenvalue weighted by molar-refractivity contribution is -0.145. The molecule has 0 aliphatic heterocycles. The van der Waals surface area contributed by atoms with E-state index in [0.717, 1.165) is 36.2 Å². The molecule has 0 aromatic carbocycles. The number of amides is 1. The first-order valence-corrected chi connectivity index (χ1v) is 8.86. The zero-order valence-corrected chi connectivity index (χ0v) is 15.0. The molecule has 2 aliphatic rings. The number of hydrogen-bond donors (Lipinski definition) is 0. The number of aromatic nitrogens is 2. The summed E-state index contributed by atoms with van der Waals surface area (Å²) in [6.07, 6.45) is 2.82. The van der Waals surface area contributed by atoms with Crippen LogP contribution in [0.3, 0.4) is 0 Å². The van der Waals surface area contributed by atoms with Crippen LogP contribution >= 0.6 is 0 Å². The maximum Gasteiger partial charge on any atom is 0.309 e. The Labute approximate surface area is 143 Å². The van der Waals surface area contributed by atoms with E-state index < -0.39 is 0 Å². The Kier molecular flexibility index (Phi) is 4.65. The molecule has 0 unspecified atom stereocenters. The van der Waals surface area contributed by atoms with Crippen LogP contribution in [-0.4, -0.2) is 39.7 Å². The Hall–Kier alpha value is -1.85. The molecule has 2 atom stereocenters. The number of aryl methyl sites for hydroxylation is 2. The molecular formula is C18H27N3O3. The lowest BCUT2D eigenvalue weighted by Crippen LogP contribution is -2.34. The van der Waals surface area contributed by atoms with Gasteiger partial charge in [-0.05, 0) is 46.0 Å². The molecule has 1 aromatic rings. The summed E-state index contributed by atoms with van der Waals surface area (Å²) in [6.45, 7) is 7.50. The zero-order chi connectivity index (χ0) is 17.4. The Balaban J connectivity index is 1.68. The highest BCUT2D eigenvalue weighted by atomic mass is 16.5. The van der Waals surface area contributed by atoms with Crippen LogP contribution in [0.25, 0.3) is 0 Å². The van der Waals surface area contributed by atoms with Crippen molar-refractivity contribution in [3.8, 4) is 0 Å². The van der Waals surface area contributed by atoms with Crippen molar-refractivity contribution in [1.82, 2.24) is 14.7 Å². The molecule has 132 valence electrons. The third-order valence-corrected chi connectivity index (χ3v) is 5.21. The number of carbonyl (C=O) groups excluding carboxylic acids is 2. The van der Waals surface area contributed by atoms with E-state index in [4.69, 9.17) is 4.74 Å². The monoisotopic (exact) mass is 333 g/mol. The summed E-state index contributed by atoms with van der Waals surface area (Å²) in [4.78, 5) is 26.5. The number of carbonyl (C=O) groups is 2. The van der Waals surface area contributed by atoms with Gasteiger partial charge in [0.25, 0.3) is 0 Å². The van der Waals surface area contributed by atoms with Crippen molar-refractivity contribution in [2.75, 3.05) is 13.2 Å². The van der Waals surface area contributed by atoms with Crippen molar-refractivity contribution in [1.29, 1.82) is 0 Å². The third-order valence-electron chi connectivity index (χ3n) is 5.21. The lowest BCUT2D eigenvalue weighted by atomic mass is 10.1. The first-order valence-electron chi connectivity index (χ1n) is 8.86. The Bertz CT molecular complexity index is 648. The Morgan fingerprint density at radius 2 is 2.04 bits per heavy atom. The average Bonchev–Trinajstić information content (AvgIpc) is 3.43. The highest BCUT2D eigenvalue weighted by molar-refractivity contribution is 5.81. The van der Waals surface area contributed by atoms with E-state index in [2.05, 4.69) is 5.10 Å². The van der Waals surface area contributed by atoms with Crippen LogP contribution in [0, 0.1) is 31.6 Å². The fraction of sp³-hybridized carbons (Fsp3) is 0.722. The van der Waals surface area contributed by atoms with Crippen LogP contribution in [0.2, 0.25) is 0 Å². The van der Waals surface area contributed by atoms with Gasteiger partial charge in [0.15, 0.2) is 0 Å². The maximum absolute atomic E-state index is 12.7. The summed E-state index contributed by atoms with van der Waals surface area (Å²) in [7, 11) is 1.93. The minimum Gasteiger partial charge on any atom is -0.466 e. The Morgan fingerprint density at radius 1 is 1.33 bits per heavy atom. The van der Waals surface area contributed by atoms with Gasteiger partial charge in [0.05, 0.1) is 18.2 Å². The topological polar surface area (TPSA) is 64.4 Å². The zero-order valence-electron chi connectivity index (χ0n) is 15.0. The van der Waals surface area contributed by atoms with Gasteiger partial charge in [-0.2, -0.15) is 5.10 Å². The second-order valence-electron chi connectivity index (χ2n) is 7.12. The fourth-order valence-corrected chi connectivity index (χ4v) is 3.33. The standard InChI is InChI=1S/C18H27N3O3/c1-5-24-18(23)15-8-14(15)9-21(17(22)13-6-7-13)10-16-11(2)19-20(4)12(16)3/h13-15H,5-10H2,1-4H3/t14-,15+/m1/s1. The quantitative estimate of drug-likeness (QED) is 0.716. The first kappa shape index (κ1) is 17.0. The van der Waals surface area contributed by atoms with Gasteiger partial charge < -0.3 is 9.64 Å². The van der Waals surface area contributed by atoms with Crippen LogP contribution in [0.4, 0.5) is 0 Å². The SMILES string of the molecule is CCOC(=O)[C@H]1C[C@@H]1CN(Cc1c(C)nn(C)c1C)C(=O)C1CC1. The minimum atomic E-state index is -0.116. The largest absolute Gasteiger partial charge is 0.466 e. The number of hydrogen-bond acceptors (Lipinski definition) is 4. The molecule has 2 aliphatic carbocycles. The van der Waals surface area contributed by atoms with Gasteiger partial charge in [0, 0.05) is 37.3 Å². The summed E-state index contributed by atoms with van der Waals surface area (Å²) >= 11 is 0. The number of nitrogens with zero attached hydrogens (tertiary/aromatic N) is 3. The smallest absolute Gasteiger partial charge is 0.309 e. The molecule has 0 N–H and O–H groups in total. The summed E-state index contributed by atoms with van der Waals surface area (Å²) in [6, 6.07) is 0. The minimum absolute atomic E-state index is 0.0319. The van der Waals surface area contributed by atoms with E-state index in [1.807, 2.05) is 37.4 Å². The Morgan fingerprint density at radius 3 is 2.58 bits per heavy atom. The summed E-state index contributed by atoms with van der Waals surface area (Å²) in [5, 5.41) is 4.45. The molecule has 24 heavy (non-hydrogen) atoms. The van der Waals surface area contributed by atoms with Crippen molar-refractivity contribution >= 4 is 11.9 Å². The third kappa shape index (κ3) is 3.47. The highest BCUT2D eigenvalue weighted by Crippen LogP contribution is 2.41. The summed E-state index contributed by atoms with van der Waals surface area (Å²) < 4.78 is 6.97. The van der Waals surface area contributed by atoms with Crippen LogP contribution in [0.1, 0.15) is 43.1 Å². The fourth-order valence-electron chi connectivity index (χ4n) is 3.33. The molecule has 0 radical (unpaired) electrons. The molecule has 2 fully saturated rings. The molecule has 0 bridgehead atoms. The second-order valence-corrected chi connectivity index (χ2v) is 7.12. The first-order chi connectivity index (χ1) is 11.4. The normalized spacial score (nSPS) is 22.3. The van der Waals surface area contributed by atoms with Crippen molar-refractivity contribution < 1.29 is 14.3 Å². The van der Waals surface area contributed by atoms with Gasteiger partial charge in [-0.25, -0.2) is 0 Å². The summed E-state index contributed by atoms with van der Waals surface area (Å²) in [5.74, 6) is 0.504. The van der Waals surface area contributed by atoms with Gasteiger partial charge >= 0.3 is 5.97 Å². The molecule has 1 heterocycles. The van der Waals surface area contributed by atoms with Gasteiger partial charge in [-0.1, -0.05) is 0 Å². The van der Waals surface area contributed by atoms with E-state index in [1.165, 1.54) is 0 Å². The maximum atomic E-state index is 12.7. The van der Waals surface area contributed by atoms with Crippen molar-refractivity contribution in [3.63, 3.8) is 0 Å². The molecule has 0 spiro atoms. The van der Waals surface area contributed by atoms with Crippen molar-refractivity contribution in [2.24, 2.45) is 24.8 Å². The van der Waals surface area contributed by atoms with E-state index in [1.54, 1.807) is 0 Å². The summed E-state index contributed by atoms with van der Waals surface area (Å²) in [5.41, 5.74) is 3.19. The highest BCUT2D eigenvalue weighted by Gasteiger charge is 2.46. The van der Waals surface area contributed by atoms with Crippen LogP contribution < -0.4 is 0 Å². The van der Waals surface area contributed by atoms with Gasteiger partial charge in [0.1, 0.15) is 0 Å². The predicted molar refractivity (Wildman–Crippen MR) is 89.1 cm³/mol. The van der Waals surface area contributed by atoms with Crippen LogP contribution in [0.15, 0.2) is 0 Å². The van der Waals surface area contributed by atoms with E-state index in [9.17, 15) is 9.59 Å². The number of esters is 1. The van der Waals surface area contributed by atoms with E-state index in [0.29, 0.717) is 19.7 Å². The van der Waals surface area contributed by atoms with E-state index in [-0.39, 0.29) is 29.6 Å². The van der Waals surface area contributed by atoms with Crippen LogP contribution in [-0.2, 0) is 27.9 Å². The van der Waals surface area contributed by atoms with Gasteiger partial charge in [0.2, 0.25) is 5.91 Å². The second kappa shape index (κ2) is 6.57. The van der Waals surface area contributed by atoms with Crippen molar-refractivity contribution in [2.45, 2.75) is 46.6 Å². The van der Waals surface area contributed by atoms with Crippen molar-refractivity contribution in [3.05, 3.63) is 17.0 Å². The molecule has 1 amide bonds. The molecule has 1 aromatic heterocycles. The van der Waals surface area contributed by atoms with Gasteiger partial charge in [-0.15, -0.1) is 0 Å².